The molecule has 0 spiro atoms. The second-order valence-electron chi connectivity index (χ2n) is 6.64. The zero-order chi connectivity index (χ0) is 20.8. The van der Waals surface area contributed by atoms with E-state index in [0.29, 0.717) is 41.9 Å². The summed E-state index contributed by atoms with van der Waals surface area (Å²) in [5.41, 5.74) is 1.40. The molecule has 2 heterocycles. The molecule has 4 aromatic rings. The third kappa shape index (κ3) is 5.13. The van der Waals surface area contributed by atoms with E-state index in [1.54, 1.807) is 18.2 Å². The summed E-state index contributed by atoms with van der Waals surface area (Å²) in [4.78, 5) is 0. The summed E-state index contributed by atoms with van der Waals surface area (Å²) in [5.74, 6) is 1.94. The number of nitrogens with one attached hydrogen (secondary N) is 1. The average Bonchev–Trinajstić information content (AvgIpc) is 3.42. The molecule has 0 fully saturated rings. The number of benzene rings is 2. The molecule has 1 atom stereocenters. The molecule has 2 aromatic carbocycles. The van der Waals surface area contributed by atoms with Crippen molar-refractivity contribution in [2.24, 2.45) is 0 Å². The van der Waals surface area contributed by atoms with Crippen molar-refractivity contribution in [3.63, 3.8) is 0 Å². The lowest BCUT2D eigenvalue weighted by molar-refractivity contribution is 0.105. The lowest BCUT2D eigenvalue weighted by Crippen LogP contribution is -2.33. The Morgan fingerprint density at radius 1 is 1.10 bits per heavy atom. The van der Waals surface area contributed by atoms with E-state index in [-0.39, 0.29) is 6.61 Å². The topological polar surface area (TPSA) is 89.9 Å². The van der Waals surface area contributed by atoms with Gasteiger partial charge in [-0.05, 0) is 36.4 Å². The van der Waals surface area contributed by atoms with Gasteiger partial charge in [0.05, 0.1) is 5.02 Å². The van der Waals surface area contributed by atoms with Gasteiger partial charge in [-0.25, -0.2) is 0 Å². The van der Waals surface area contributed by atoms with Crippen molar-refractivity contribution in [3.8, 4) is 23.0 Å². The Morgan fingerprint density at radius 3 is 2.83 bits per heavy atom. The first kappa shape index (κ1) is 20.3. The van der Waals surface area contributed by atoms with E-state index >= 15 is 0 Å². The van der Waals surface area contributed by atoms with Crippen LogP contribution in [0.3, 0.4) is 0 Å². The van der Waals surface area contributed by atoms with Gasteiger partial charge in [0, 0.05) is 24.5 Å². The zero-order valence-electron chi connectivity index (χ0n) is 16.1. The number of nitrogens with zero attached hydrogens (tertiary/aromatic N) is 1. The van der Waals surface area contributed by atoms with Crippen molar-refractivity contribution in [1.82, 2.24) is 10.5 Å². The molecule has 2 aromatic heterocycles. The average molecular weight is 429 g/mol. The van der Waals surface area contributed by atoms with Crippen LogP contribution in [0.2, 0.25) is 5.02 Å². The summed E-state index contributed by atoms with van der Waals surface area (Å²) in [5, 5.41) is 18.5. The predicted molar refractivity (Wildman–Crippen MR) is 113 cm³/mol. The highest BCUT2D eigenvalue weighted by molar-refractivity contribution is 6.32. The van der Waals surface area contributed by atoms with Gasteiger partial charge in [0.1, 0.15) is 48.4 Å². The first-order chi connectivity index (χ1) is 14.7. The summed E-state index contributed by atoms with van der Waals surface area (Å²) in [6.07, 6.45) is 0.850. The standard InChI is InChI=1S/C22H21ClN2O5/c23-18-3-1-2-4-21(18)28-14-16(26)13-24-8-10-27-17-5-6-20-15(11-17)12-22(30-20)19-7-9-29-25-19/h1-7,9,11-12,16,24,26H,8,10,13-14H2/t16-/m0/s1. The van der Waals surface area contributed by atoms with Gasteiger partial charge in [-0.3, -0.25) is 0 Å². The molecule has 0 saturated heterocycles. The molecule has 0 unspecified atom stereocenters. The van der Waals surface area contributed by atoms with E-state index in [9.17, 15) is 5.11 Å². The number of ether oxygens (including phenoxy) is 2. The van der Waals surface area contributed by atoms with Gasteiger partial charge in [0.25, 0.3) is 0 Å². The molecule has 0 amide bonds. The maximum atomic E-state index is 10.0. The third-order valence-electron chi connectivity index (χ3n) is 4.37. The maximum Gasteiger partial charge on any atom is 0.157 e. The number of hydrogen-bond donors (Lipinski definition) is 2. The van der Waals surface area contributed by atoms with Crippen LogP contribution in [0, 0.1) is 0 Å². The van der Waals surface area contributed by atoms with Crippen LogP contribution < -0.4 is 14.8 Å². The fourth-order valence-corrected chi connectivity index (χ4v) is 3.08. The van der Waals surface area contributed by atoms with Crippen LogP contribution in [0.15, 0.2) is 69.8 Å². The normalized spacial score (nSPS) is 12.2. The van der Waals surface area contributed by atoms with Gasteiger partial charge < -0.3 is 28.8 Å². The minimum Gasteiger partial charge on any atom is -0.492 e. The molecule has 0 saturated carbocycles. The van der Waals surface area contributed by atoms with Crippen LogP contribution in [0.5, 0.6) is 11.5 Å². The van der Waals surface area contributed by atoms with Gasteiger partial charge in [0.2, 0.25) is 0 Å². The Balaban J connectivity index is 1.19. The van der Waals surface area contributed by atoms with Crippen LogP contribution in [0.4, 0.5) is 0 Å². The van der Waals surface area contributed by atoms with Crippen molar-refractivity contribution in [2.45, 2.75) is 6.10 Å². The molecule has 7 nitrogen and oxygen atoms in total. The quantitative estimate of drug-likeness (QED) is 0.367. The van der Waals surface area contributed by atoms with E-state index in [1.165, 1.54) is 6.26 Å². The first-order valence-corrected chi connectivity index (χ1v) is 9.90. The van der Waals surface area contributed by atoms with Crippen LogP contribution >= 0.6 is 11.6 Å². The van der Waals surface area contributed by atoms with Crippen molar-refractivity contribution < 1.29 is 23.5 Å². The number of aliphatic hydroxyl groups excluding tert-OH is 1. The van der Waals surface area contributed by atoms with E-state index in [4.69, 9.17) is 30.0 Å². The van der Waals surface area contributed by atoms with Gasteiger partial charge in [-0.2, -0.15) is 0 Å². The molecule has 4 rings (SSSR count). The summed E-state index contributed by atoms with van der Waals surface area (Å²) in [7, 11) is 0. The lowest BCUT2D eigenvalue weighted by atomic mass is 10.2. The molecular formula is C22H21ClN2O5. The van der Waals surface area contributed by atoms with Crippen molar-refractivity contribution in [1.29, 1.82) is 0 Å². The maximum absolute atomic E-state index is 10.0. The minimum absolute atomic E-state index is 0.155. The molecule has 0 aliphatic heterocycles. The number of para-hydroxylation sites is 1. The van der Waals surface area contributed by atoms with Gasteiger partial charge in [-0.1, -0.05) is 28.9 Å². The molecule has 0 aliphatic carbocycles. The third-order valence-corrected chi connectivity index (χ3v) is 4.69. The number of furan rings is 1. The van der Waals surface area contributed by atoms with Crippen LogP contribution in [-0.2, 0) is 0 Å². The van der Waals surface area contributed by atoms with Crippen molar-refractivity contribution >= 4 is 22.6 Å². The van der Waals surface area contributed by atoms with Gasteiger partial charge in [0.15, 0.2) is 5.76 Å². The lowest BCUT2D eigenvalue weighted by Gasteiger charge is -2.14. The van der Waals surface area contributed by atoms with E-state index in [0.717, 1.165) is 16.7 Å². The molecular weight excluding hydrogens is 408 g/mol. The number of rotatable bonds is 10. The number of hydrogen-bond acceptors (Lipinski definition) is 7. The molecule has 0 bridgehead atoms. The highest BCUT2D eigenvalue weighted by Gasteiger charge is 2.10. The Hall–Kier alpha value is -3.00. The number of aliphatic hydroxyl groups is 1. The summed E-state index contributed by atoms with van der Waals surface area (Å²) >= 11 is 6.02. The van der Waals surface area contributed by atoms with E-state index in [2.05, 4.69) is 10.5 Å². The smallest absolute Gasteiger partial charge is 0.157 e. The predicted octanol–water partition coefficient (Wildman–Crippen LogP) is 4.15. The second kappa shape index (κ2) is 9.67. The molecule has 0 aliphatic rings. The summed E-state index contributed by atoms with van der Waals surface area (Å²) in [6, 6.07) is 16.4. The molecule has 0 radical (unpaired) electrons. The highest BCUT2D eigenvalue weighted by Crippen LogP contribution is 2.29. The molecule has 8 heteroatoms. The Morgan fingerprint density at radius 2 is 2.00 bits per heavy atom. The molecule has 2 N–H and O–H groups in total. The largest absolute Gasteiger partial charge is 0.492 e. The van der Waals surface area contributed by atoms with Crippen LogP contribution in [-0.4, -0.2) is 42.7 Å². The van der Waals surface area contributed by atoms with Gasteiger partial charge in [-0.15, -0.1) is 0 Å². The second-order valence-corrected chi connectivity index (χ2v) is 7.05. The summed E-state index contributed by atoms with van der Waals surface area (Å²) < 4.78 is 21.9. The van der Waals surface area contributed by atoms with Crippen LogP contribution in [0.25, 0.3) is 22.4 Å². The monoisotopic (exact) mass is 428 g/mol. The van der Waals surface area contributed by atoms with Crippen LogP contribution in [0.1, 0.15) is 0 Å². The van der Waals surface area contributed by atoms with Crippen molar-refractivity contribution in [3.05, 3.63) is 65.9 Å². The zero-order valence-corrected chi connectivity index (χ0v) is 16.8. The number of aromatic nitrogens is 1. The summed E-state index contributed by atoms with van der Waals surface area (Å²) in [6.45, 7) is 1.58. The fourth-order valence-electron chi connectivity index (χ4n) is 2.89. The Bertz CT molecular complexity index is 1080. The first-order valence-electron chi connectivity index (χ1n) is 9.52. The minimum atomic E-state index is -0.654. The number of halogens is 1. The SMILES string of the molecule is O[C@@H](CNCCOc1ccc2oc(-c3ccon3)cc2c1)COc1ccccc1Cl. The van der Waals surface area contributed by atoms with E-state index in [1.807, 2.05) is 36.4 Å². The van der Waals surface area contributed by atoms with Crippen molar-refractivity contribution in [2.75, 3.05) is 26.3 Å². The molecule has 30 heavy (non-hydrogen) atoms. The highest BCUT2D eigenvalue weighted by atomic mass is 35.5. The van der Waals surface area contributed by atoms with Gasteiger partial charge >= 0.3 is 0 Å². The molecule has 156 valence electrons. The Labute approximate surface area is 178 Å². The Kier molecular flexibility index (Phi) is 6.53. The fraction of sp³-hybridized carbons (Fsp3) is 0.227. The van der Waals surface area contributed by atoms with E-state index < -0.39 is 6.10 Å². The number of fused-ring (bicyclic) bond motifs is 1.